The van der Waals surface area contributed by atoms with Gasteiger partial charge in [-0.15, -0.1) is 0 Å². The molecule has 0 amide bonds. The summed E-state index contributed by atoms with van der Waals surface area (Å²) in [7, 11) is 1.65. The minimum atomic E-state index is -0.672. The summed E-state index contributed by atoms with van der Waals surface area (Å²) in [4.78, 5) is 4.25. The molecule has 0 N–H and O–H groups in total. The van der Waals surface area contributed by atoms with Gasteiger partial charge in [-0.25, -0.2) is 11.3 Å². The van der Waals surface area contributed by atoms with E-state index in [1.165, 1.54) is 5.69 Å². The lowest BCUT2D eigenvalue weighted by atomic mass is 9.75. The van der Waals surface area contributed by atoms with Gasteiger partial charge in [0.05, 0.1) is 25.4 Å². The highest BCUT2D eigenvalue weighted by molar-refractivity contribution is 6.09. The van der Waals surface area contributed by atoms with Crippen LogP contribution in [0.1, 0.15) is 23.2 Å². The molecule has 5 nitrogen and oxygen atoms in total. The molecule has 0 saturated carbocycles. The maximum Gasteiger partial charge on any atom is 0.262 e. The van der Waals surface area contributed by atoms with Gasteiger partial charge in [-0.05, 0) is 36.8 Å². The summed E-state index contributed by atoms with van der Waals surface area (Å²) in [6.45, 7) is 8.27. The summed E-state index contributed by atoms with van der Waals surface area (Å²) in [5.74, 6) is 0.688. The number of furan rings is 1. The molecule has 0 radical (unpaired) electrons. The zero-order valence-corrected chi connectivity index (χ0v) is 17.7. The third-order valence-electron chi connectivity index (χ3n) is 6.64. The van der Waals surface area contributed by atoms with Crippen molar-refractivity contribution in [1.29, 1.82) is 0 Å². The smallest absolute Gasteiger partial charge is 0.262 e. The molecule has 5 aromatic rings. The number of fused-ring (bicyclic) bond motifs is 4. The van der Waals surface area contributed by atoms with Crippen LogP contribution in [0.5, 0.6) is 5.75 Å². The molecule has 3 aromatic carbocycles. The lowest BCUT2D eigenvalue weighted by Gasteiger charge is -2.28. The van der Waals surface area contributed by atoms with Gasteiger partial charge in [-0.2, -0.15) is 5.10 Å². The normalized spacial score (nSPS) is 17.9. The second-order valence-electron chi connectivity index (χ2n) is 8.30. The van der Waals surface area contributed by atoms with E-state index in [1.807, 2.05) is 59.4 Å². The monoisotopic (exact) mass is 419 g/mol. The average molecular weight is 419 g/mol. The van der Waals surface area contributed by atoms with Gasteiger partial charge in [-0.3, -0.25) is 0 Å². The number of methoxy groups -OCH3 is 1. The first-order chi connectivity index (χ1) is 15.7. The maximum absolute atomic E-state index is 8.27. The minimum Gasteiger partial charge on any atom is -0.493 e. The van der Waals surface area contributed by atoms with E-state index in [0.717, 1.165) is 46.0 Å². The molecule has 0 bridgehead atoms. The third kappa shape index (κ3) is 2.59. The molecule has 0 spiro atoms. The Kier molecular flexibility index (Phi) is 4.09. The quantitative estimate of drug-likeness (QED) is 0.333. The highest BCUT2D eigenvalue weighted by atomic mass is 16.5. The lowest BCUT2D eigenvalue weighted by molar-refractivity contribution is 0.410. The molecule has 0 saturated heterocycles. The van der Waals surface area contributed by atoms with E-state index in [1.54, 1.807) is 7.11 Å². The van der Waals surface area contributed by atoms with E-state index in [0.29, 0.717) is 17.8 Å². The SMILES string of the molecule is [C-]#[N+]C1(c2ccc(OC)c3oc4ccccc4c23)CCc2c(cnn2-c2ccccc2)C1. The van der Waals surface area contributed by atoms with Crippen LogP contribution >= 0.6 is 0 Å². The van der Waals surface area contributed by atoms with Crippen molar-refractivity contribution in [3.63, 3.8) is 0 Å². The van der Waals surface area contributed by atoms with E-state index in [2.05, 4.69) is 28.1 Å². The summed E-state index contributed by atoms with van der Waals surface area (Å²) in [5, 5.41) is 6.67. The molecule has 0 fully saturated rings. The molecule has 5 heteroatoms. The van der Waals surface area contributed by atoms with Crippen molar-refractivity contribution in [3.8, 4) is 11.4 Å². The number of benzene rings is 3. The van der Waals surface area contributed by atoms with Gasteiger partial charge in [0.1, 0.15) is 5.58 Å². The summed E-state index contributed by atoms with van der Waals surface area (Å²) >= 11 is 0. The molecule has 1 unspecified atom stereocenters. The highest BCUT2D eigenvalue weighted by Gasteiger charge is 2.45. The molecule has 1 aliphatic rings. The second kappa shape index (κ2) is 7.00. The zero-order chi connectivity index (χ0) is 21.7. The average Bonchev–Trinajstić information content (AvgIpc) is 3.45. The Morgan fingerprint density at radius 2 is 1.88 bits per heavy atom. The molecule has 1 aliphatic carbocycles. The number of aromatic nitrogens is 2. The topological polar surface area (TPSA) is 44.6 Å². The third-order valence-corrected chi connectivity index (χ3v) is 6.64. The van der Waals surface area contributed by atoms with Gasteiger partial charge in [0.25, 0.3) is 5.54 Å². The predicted octanol–water partition coefficient (Wildman–Crippen LogP) is 6.08. The fourth-order valence-electron chi connectivity index (χ4n) is 5.08. The number of ether oxygens (including phenoxy) is 1. The van der Waals surface area contributed by atoms with Crippen LogP contribution < -0.4 is 4.74 Å². The molecule has 2 aromatic heterocycles. The largest absolute Gasteiger partial charge is 0.493 e. The van der Waals surface area contributed by atoms with Crippen molar-refractivity contribution < 1.29 is 9.15 Å². The number of rotatable bonds is 3. The first kappa shape index (κ1) is 18.7. The van der Waals surface area contributed by atoms with Crippen molar-refractivity contribution in [3.05, 3.63) is 101 Å². The Balaban J connectivity index is 1.53. The summed E-state index contributed by atoms with van der Waals surface area (Å²) < 4.78 is 13.8. The highest BCUT2D eigenvalue weighted by Crippen LogP contribution is 2.47. The van der Waals surface area contributed by atoms with E-state index >= 15 is 0 Å². The van der Waals surface area contributed by atoms with Crippen molar-refractivity contribution >= 4 is 21.9 Å². The van der Waals surface area contributed by atoms with Crippen LogP contribution in [0, 0.1) is 6.57 Å². The van der Waals surface area contributed by atoms with Crippen molar-refractivity contribution in [2.45, 2.75) is 24.8 Å². The molecule has 2 heterocycles. The molecule has 156 valence electrons. The van der Waals surface area contributed by atoms with Crippen LogP contribution in [0.2, 0.25) is 0 Å². The summed E-state index contributed by atoms with van der Waals surface area (Å²) in [5.41, 5.74) is 5.23. The summed E-state index contributed by atoms with van der Waals surface area (Å²) in [6.07, 6.45) is 4.06. The lowest BCUT2D eigenvalue weighted by Crippen LogP contribution is -2.30. The second-order valence-corrected chi connectivity index (χ2v) is 8.30. The van der Waals surface area contributed by atoms with Gasteiger partial charge in [0.2, 0.25) is 0 Å². The number of para-hydroxylation sites is 2. The van der Waals surface area contributed by atoms with Gasteiger partial charge in [-0.1, -0.05) is 36.4 Å². The minimum absolute atomic E-state index is 0.625. The Morgan fingerprint density at radius 3 is 2.69 bits per heavy atom. The van der Waals surface area contributed by atoms with Crippen LogP contribution in [0.3, 0.4) is 0 Å². The van der Waals surface area contributed by atoms with E-state index < -0.39 is 5.54 Å². The molecule has 0 aliphatic heterocycles. The fourth-order valence-corrected chi connectivity index (χ4v) is 5.08. The number of nitrogens with zero attached hydrogens (tertiary/aromatic N) is 3. The van der Waals surface area contributed by atoms with Crippen LogP contribution in [0.25, 0.3) is 32.5 Å². The van der Waals surface area contributed by atoms with Crippen molar-refractivity contribution in [1.82, 2.24) is 9.78 Å². The molecule has 1 atom stereocenters. The molecular formula is C27H21N3O2. The Bertz CT molecular complexity index is 1510. The maximum atomic E-state index is 8.27. The van der Waals surface area contributed by atoms with Crippen LogP contribution in [0.4, 0.5) is 0 Å². The standard InChI is InChI=1S/C27H21N3O2/c1-28-27(15-14-22-18(16-27)17-29-30(22)19-8-4-3-5-9-19)21-12-13-24(31-2)26-25(21)20-10-6-7-11-23(20)32-26/h3-13,17H,14-16H2,2H3. The van der Waals surface area contributed by atoms with Crippen LogP contribution in [0.15, 0.2) is 77.3 Å². The first-order valence-corrected chi connectivity index (χ1v) is 10.7. The van der Waals surface area contributed by atoms with Gasteiger partial charge in [0, 0.05) is 34.0 Å². The van der Waals surface area contributed by atoms with E-state index in [-0.39, 0.29) is 0 Å². The first-order valence-electron chi connectivity index (χ1n) is 10.7. The Morgan fingerprint density at radius 1 is 1.06 bits per heavy atom. The molecular weight excluding hydrogens is 398 g/mol. The zero-order valence-electron chi connectivity index (χ0n) is 17.7. The number of hydrogen-bond acceptors (Lipinski definition) is 3. The van der Waals surface area contributed by atoms with Gasteiger partial charge >= 0.3 is 0 Å². The number of hydrogen-bond donors (Lipinski definition) is 0. The molecule has 6 rings (SSSR count). The van der Waals surface area contributed by atoms with Crippen LogP contribution in [-0.2, 0) is 18.4 Å². The predicted molar refractivity (Wildman–Crippen MR) is 124 cm³/mol. The van der Waals surface area contributed by atoms with Gasteiger partial charge in [0.15, 0.2) is 11.3 Å². The Labute approximate surface area is 185 Å². The van der Waals surface area contributed by atoms with Crippen LogP contribution in [-0.4, -0.2) is 16.9 Å². The van der Waals surface area contributed by atoms with Crippen molar-refractivity contribution in [2.75, 3.05) is 7.11 Å². The van der Waals surface area contributed by atoms with Crippen molar-refractivity contribution in [2.24, 2.45) is 0 Å². The summed E-state index contributed by atoms with van der Waals surface area (Å²) in [6, 6.07) is 22.2. The van der Waals surface area contributed by atoms with Gasteiger partial charge < -0.3 is 14.0 Å². The fraction of sp³-hybridized carbons (Fsp3) is 0.185. The van der Waals surface area contributed by atoms with E-state index in [4.69, 9.17) is 15.7 Å². The molecule has 32 heavy (non-hydrogen) atoms. The van der Waals surface area contributed by atoms with E-state index in [9.17, 15) is 0 Å². The Hall–Kier alpha value is -4.04.